The molecule has 1 saturated heterocycles. The molecule has 0 unspecified atom stereocenters. The Morgan fingerprint density at radius 2 is 1.71 bits per heavy atom. The van der Waals surface area contributed by atoms with Gasteiger partial charge < -0.3 is 5.32 Å². The average molecular weight is 316 g/mol. The number of alkyl halides is 3. The molecular formula is C15H19F3N2S. The van der Waals surface area contributed by atoms with Crippen LogP contribution in [-0.2, 0) is 0 Å². The van der Waals surface area contributed by atoms with Gasteiger partial charge in [-0.2, -0.15) is 13.2 Å². The molecule has 0 bridgehead atoms. The fourth-order valence-corrected chi connectivity index (χ4v) is 3.56. The van der Waals surface area contributed by atoms with Crippen molar-refractivity contribution in [3.8, 4) is 0 Å². The summed E-state index contributed by atoms with van der Waals surface area (Å²) < 4.78 is 37.1. The van der Waals surface area contributed by atoms with Crippen LogP contribution in [0.1, 0.15) is 24.4 Å². The van der Waals surface area contributed by atoms with Crippen molar-refractivity contribution in [3.63, 3.8) is 0 Å². The molecule has 21 heavy (non-hydrogen) atoms. The molecule has 3 rings (SSSR count). The summed E-state index contributed by atoms with van der Waals surface area (Å²) in [5.74, 6) is 0.671. The van der Waals surface area contributed by atoms with Crippen molar-refractivity contribution in [1.82, 2.24) is 10.2 Å². The van der Waals surface area contributed by atoms with Gasteiger partial charge in [0.15, 0.2) is 0 Å². The summed E-state index contributed by atoms with van der Waals surface area (Å²) in [6.45, 7) is 4.01. The quantitative estimate of drug-likeness (QED) is 0.854. The summed E-state index contributed by atoms with van der Waals surface area (Å²) in [6.07, 6.45) is 2.46. The van der Waals surface area contributed by atoms with Gasteiger partial charge in [-0.15, -0.1) is 0 Å². The third-order valence-electron chi connectivity index (χ3n) is 4.07. The minimum Gasteiger partial charge on any atom is -0.314 e. The van der Waals surface area contributed by atoms with Crippen LogP contribution in [0.4, 0.5) is 13.2 Å². The van der Waals surface area contributed by atoms with Gasteiger partial charge in [-0.3, -0.25) is 4.90 Å². The Morgan fingerprint density at radius 1 is 1.10 bits per heavy atom. The Kier molecular flexibility index (Phi) is 4.47. The van der Waals surface area contributed by atoms with E-state index in [9.17, 15) is 13.2 Å². The van der Waals surface area contributed by atoms with E-state index in [0.29, 0.717) is 12.0 Å². The van der Waals surface area contributed by atoms with Gasteiger partial charge in [0, 0.05) is 37.1 Å². The largest absolute Gasteiger partial charge is 0.446 e. The minimum atomic E-state index is -4.21. The highest BCUT2D eigenvalue weighted by Gasteiger charge is 2.36. The molecule has 1 aliphatic heterocycles. The molecule has 6 heteroatoms. The lowest BCUT2D eigenvalue weighted by atomic mass is 10.00. The molecule has 1 atom stereocenters. The molecule has 0 aromatic heterocycles. The number of halogens is 3. The highest BCUT2D eigenvalue weighted by atomic mass is 32.2. The van der Waals surface area contributed by atoms with Crippen LogP contribution in [0.25, 0.3) is 0 Å². The van der Waals surface area contributed by atoms with Crippen LogP contribution in [0.2, 0.25) is 0 Å². The van der Waals surface area contributed by atoms with E-state index in [1.54, 1.807) is 12.1 Å². The van der Waals surface area contributed by atoms with Crippen LogP contribution < -0.4 is 5.32 Å². The second kappa shape index (κ2) is 6.18. The van der Waals surface area contributed by atoms with Gasteiger partial charge in [0.2, 0.25) is 0 Å². The van der Waals surface area contributed by atoms with E-state index < -0.39 is 5.51 Å². The molecule has 1 aromatic carbocycles. The zero-order chi connectivity index (χ0) is 14.9. The van der Waals surface area contributed by atoms with Crippen LogP contribution in [0.5, 0.6) is 0 Å². The van der Waals surface area contributed by atoms with Crippen molar-refractivity contribution in [3.05, 3.63) is 29.8 Å². The number of nitrogens with one attached hydrogen (secondary N) is 1. The molecule has 1 heterocycles. The zero-order valence-corrected chi connectivity index (χ0v) is 12.5. The van der Waals surface area contributed by atoms with E-state index in [2.05, 4.69) is 10.2 Å². The monoisotopic (exact) mass is 316 g/mol. The number of piperazine rings is 1. The first-order valence-corrected chi connectivity index (χ1v) is 8.15. The molecule has 2 nitrogen and oxygen atoms in total. The number of thioether (sulfide) groups is 1. The first kappa shape index (κ1) is 15.2. The van der Waals surface area contributed by atoms with E-state index in [1.165, 1.54) is 12.8 Å². The van der Waals surface area contributed by atoms with Crippen molar-refractivity contribution in [2.45, 2.75) is 29.3 Å². The Balaban J connectivity index is 1.73. The molecule has 0 radical (unpaired) electrons. The number of benzene rings is 1. The Bertz CT molecular complexity index is 465. The highest BCUT2D eigenvalue weighted by Crippen LogP contribution is 2.45. The summed E-state index contributed by atoms with van der Waals surface area (Å²) >= 11 is -0.0428. The number of nitrogens with zero attached hydrogens (tertiary/aromatic N) is 1. The molecule has 0 amide bonds. The number of hydrogen-bond donors (Lipinski definition) is 1. The lowest BCUT2D eigenvalue weighted by Crippen LogP contribution is -2.45. The molecule has 2 aliphatic rings. The van der Waals surface area contributed by atoms with Crippen LogP contribution >= 0.6 is 11.8 Å². The third-order valence-corrected chi connectivity index (χ3v) is 4.81. The molecule has 0 spiro atoms. The molecular weight excluding hydrogens is 297 g/mol. The lowest BCUT2D eigenvalue weighted by Gasteiger charge is -2.35. The van der Waals surface area contributed by atoms with E-state index in [1.807, 2.05) is 12.1 Å². The maximum absolute atomic E-state index is 12.4. The Hall–Kier alpha value is -0.720. The van der Waals surface area contributed by atoms with E-state index in [0.717, 1.165) is 31.7 Å². The predicted octanol–water partition coefficient (Wildman–Crippen LogP) is 3.65. The van der Waals surface area contributed by atoms with Crippen LogP contribution in [0, 0.1) is 5.92 Å². The van der Waals surface area contributed by atoms with Gasteiger partial charge >= 0.3 is 5.51 Å². The first-order valence-electron chi connectivity index (χ1n) is 7.33. The van der Waals surface area contributed by atoms with E-state index >= 15 is 0 Å². The van der Waals surface area contributed by atoms with Gasteiger partial charge in [-0.05, 0) is 48.2 Å². The maximum atomic E-state index is 12.4. The number of rotatable bonds is 4. The standard InChI is InChI=1S/C15H19F3N2S/c16-15(17,18)21-13-5-3-12(4-6-13)14(11-1-2-11)20-9-7-19-8-10-20/h3-6,11,14,19H,1-2,7-10H2/t14-/m1/s1. The van der Waals surface area contributed by atoms with Crippen molar-refractivity contribution in [2.75, 3.05) is 26.2 Å². The first-order chi connectivity index (χ1) is 10.0. The Labute approximate surface area is 127 Å². The summed E-state index contributed by atoms with van der Waals surface area (Å²) in [7, 11) is 0. The fourth-order valence-electron chi connectivity index (χ4n) is 3.02. The molecule has 1 aliphatic carbocycles. The SMILES string of the molecule is FC(F)(F)Sc1ccc([C@@H](C2CC2)N2CCNCC2)cc1. The van der Waals surface area contributed by atoms with Crippen molar-refractivity contribution >= 4 is 11.8 Å². The molecule has 2 fully saturated rings. The second-order valence-electron chi connectivity index (χ2n) is 5.69. The normalized spacial score (nSPS) is 22.2. The Morgan fingerprint density at radius 3 is 2.24 bits per heavy atom. The van der Waals surface area contributed by atoms with Gasteiger partial charge in [0.05, 0.1) is 0 Å². The topological polar surface area (TPSA) is 15.3 Å². The van der Waals surface area contributed by atoms with E-state index in [4.69, 9.17) is 0 Å². The molecule has 116 valence electrons. The van der Waals surface area contributed by atoms with Crippen molar-refractivity contribution in [2.24, 2.45) is 5.92 Å². The van der Waals surface area contributed by atoms with Gasteiger partial charge in [0.25, 0.3) is 0 Å². The summed E-state index contributed by atoms with van der Waals surface area (Å²) in [5.41, 5.74) is -3.05. The van der Waals surface area contributed by atoms with Crippen LogP contribution in [0.3, 0.4) is 0 Å². The fraction of sp³-hybridized carbons (Fsp3) is 0.600. The maximum Gasteiger partial charge on any atom is 0.446 e. The highest BCUT2D eigenvalue weighted by molar-refractivity contribution is 8.00. The van der Waals surface area contributed by atoms with Gasteiger partial charge in [0.1, 0.15) is 0 Å². The second-order valence-corrected chi connectivity index (χ2v) is 6.82. The lowest BCUT2D eigenvalue weighted by molar-refractivity contribution is -0.0328. The number of hydrogen-bond acceptors (Lipinski definition) is 3. The smallest absolute Gasteiger partial charge is 0.314 e. The average Bonchev–Trinajstić information content (AvgIpc) is 3.25. The van der Waals surface area contributed by atoms with E-state index in [-0.39, 0.29) is 16.7 Å². The van der Waals surface area contributed by atoms with Crippen LogP contribution in [0.15, 0.2) is 29.2 Å². The van der Waals surface area contributed by atoms with Gasteiger partial charge in [-0.1, -0.05) is 12.1 Å². The van der Waals surface area contributed by atoms with Crippen LogP contribution in [-0.4, -0.2) is 36.6 Å². The van der Waals surface area contributed by atoms with Crippen molar-refractivity contribution in [1.29, 1.82) is 0 Å². The predicted molar refractivity (Wildman–Crippen MR) is 78.3 cm³/mol. The molecule has 1 aromatic rings. The van der Waals surface area contributed by atoms with Gasteiger partial charge in [-0.25, -0.2) is 0 Å². The molecule has 1 N–H and O–H groups in total. The zero-order valence-electron chi connectivity index (χ0n) is 11.7. The summed E-state index contributed by atoms with van der Waals surface area (Å²) in [4.78, 5) is 2.74. The molecule has 1 saturated carbocycles. The summed E-state index contributed by atoms with van der Waals surface area (Å²) in [5, 5.41) is 3.35. The van der Waals surface area contributed by atoms with Crippen molar-refractivity contribution < 1.29 is 13.2 Å². The summed E-state index contributed by atoms with van der Waals surface area (Å²) in [6, 6.07) is 7.32. The third kappa shape index (κ3) is 4.14. The minimum absolute atomic E-state index is 0.0428.